The number of carbonyl (C=O) groups is 1. The molecule has 1 fully saturated rings. The number of Topliss-reactive ketones (excluding diaryl/α,β-unsaturated/α-hetero) is 1. The Morgan fingerprint density at radius 2 is 2.12 bits per heavy atom. The number of hydrogen-bond acceptors (Lipinski definition) is 2. The van der Waals surface area contributed by atoms with Gasteiger partial charge < -0.3 is 5.32 Å². The van der Waals surface area contributed by atoms with E-state index in [0.29, 0.717) is 29.1 Å². The van der Waals surface area contributed by atoms with Gasteiger partial charge in [-0.2, -0.15) is 0 Å². The third-order valence-electron chi connectivity index (χ3n) is 2.58. The van der Waals surface area contributed by atoms with Crippen LogP contribution < -0.4 is 5.32 Å². The van der Waals surface area contributed by atoms with Crippen LogP contribution in [0.4, 0.5) is 0 Å². The fourth-order valence-electron chi connectivity index (χ4n) is 1.51. The monoisotopic (exact) mass is 257 g/mol. The Balaban J connectivity index is 1.91. The maximum atomic E-state index is 11.6. The first kappa shape index (κ1) is 11.9. The molecule has 0 amide bonds. The Hall–Kier alpha value is -0.570. The number of rotatable bonds is 5. The van der Waals surface area contributed by atoms with Gasteiger partial charge in [-0.3, -0.25) is 4.79 Å². The van der Waals surface area contributed by atoms with Gasteiger partial charge in [0.1, 0.15) is 0 Å². The Morgan fingerprint density at radius 3 is 2.81 bits per heavy atom. The standard InChI is InChI=1S/C12H13Cl2NO/c13-11-3-1-2-8(12(11)14)6-10(16)7-15-9-4-5-9/h1-3,9,15H,4-7H2. The molecule has 0 radical (unpaired) electrons. The fraction of sp³-hybridized carbons (Fsp3) is 0.417. The summed E-state index contributed by atoms with van der Waals surface area (Å²) in [4.78, 5) is 11.6. The molecule has 2 nitrogen and oxygen atoms in total. The lowest BCUT2D eigenvalue weighted by molar-refractivity contribution is -0.117. The van der Waals surface area contributed by atoms with E-state index in [1.165, 1.54) is 12.8 Å². The van der Waals surface area contributed by atoms with Crippen molar-refractivity contribution in [2.24, 2.45) is 0 Å². The molecule has 1 aromatic carbocycles. The van der Waals surface area contributed by atoms with E-state index in [9.17, 15) is 4.79 Å². The lowest BCUT2D eigenvalue weighted by Crippen LogP contribution is -2.26. The van der Waals surface area contributed by atoms with Gasteiger partial charge >= 0.3 is 0 Å². The van der Waals surface area contributed by atoms with Crippen LogP contribution in [0.15, 0.2) is 18.2 Å². The molecule has 0 atom stereocenters. The van der Waals surface area contributed by atoms with E-state index in [2.05, 4.69) is 5.32 Å². The third-order valence-corrected chi connectivity index (χ3v) is 3.44. The summed E-state index contributed by atoms with van der Waals surface area (Å²) < 4.78 is 0. The number of benzene rings is 1. The summed E-state index contributed by atoms with van der Waals surface area (Å²) in [5, 5.41) is 4.18. The molecule has 0 spiro atoms. The van der Waals surface area contributed by atoms with Crippen molar-refractivity contribution in [1.29, 1.82) is 0 Å². The van der Waals surface area contributed by atoms with Crippen molar-refractivity contribution in [3.63, 3.8) is 0 Å². The van der Waals surface area contributed by atoms with E-state index in [4.69, 9.17) is 23.2 Å². The highest BCUT2D eigenvalue weighted by atomic mass is 35.5. The van der Waals surface area contributed by atoms with Crippen molar-refractivity contribution in [3.05, 3.63) is 33.8 Å². The van der Waals surface area contributed by atoms with Crippen molar-refractivity contribution in [2.75, 3.05) is 6.54 Å². The van der Waals surface area contributed by atoms with E-state index >= 15 is 0 Å². The molecule has 16 heavy (non-hydrogen) atoms. The van der Waals surface area contributed by atoms with Crippen LogP contribution in [0.3, 0.4) is 0 Å². The van der Waals surface area contributed by atoms with Gasteiger partial charge in [0, 0.05) is 12.5 Å². The highest BCUT2D eigenvalue weighted by Gasteiger charge is 2.21. The normalized spacial score (nSPS) is 15.1. The van der Waals surface area contributed by atoms with Crippen LogP contribution in [-0.2, 0) is 11.2 Å². The van der Waals surface area contributed by atoms with Crippen molar-refractivity contribution in [3.8, 4) is 0 Å². The largest absolute Gasteiger partial charge is 0.307 e. The van der Waals surface area contributed by atoms with Crippen LogP contribution in [-0.4, -0.2) is 18.4 Å². The van der Waals surface area contributed by atoms with Crippen molar-refractivity contribution in [2.45, 2.75) is 25.3 Å². The summed E-state index contributed by atoms with van der Waals surface area (Å²) >= 11 is 11.9. The predicted molar refractivity (Wildman–Crippen MR) is 66.2 cm³/mol. The molecule has 1 aliphatic carbocycles. The molecule has 0 aliphatic heterocycles. The zero-order valence-corrected chi connectivity index (χ0v) is 10.3. The van der Waals surface area contributed by atoms with E-state index in [1.54, 1.807) is 6.07 Å². The summed E-state index contributed by atoms with van der Waals surface area (Å²) in [5.74, 6) is 0.149. The number of hydrogen-bond donors (Lipinski definition) is 1. The summed E-state index contributed by atoms with van der Waals surface area (Å²) in [6.45, 7) is 0.424. The Morgan fingerprint density at radius 1 is 1.38 bits per heavy atom. The van der Waals surface area contributed by atoms with Gasteiger partial charge in [0.05, 0.1) is 16.6 Å². The van der Waals surface area contributed by atoms with Crippen molar-refractivity contribution in [1.82, 2.24) is 5.32 Å². The van der Waals surface area contributed by atoms with Crippen LogP contribution in [0, 0.1) is 0 Å². The molecule has 86 valence electrons. The van der Waals surface area contributed by atoms with E-state index in [1.807, 2.05) is 12.1 Å². The summed E-state index contributed by atoms with van der Waals surface area (Å²) in [6, 6.07) is 5.92. The molecule has 0 saturated heterocycles. The Kier molecular flexibility index (Phi) is 3.85. The second-order valence-corrected chi connectivity index (χ2v) is 4.87. The number of ketones is 1. The van der Waals surface area contributed by atoms with Crippen LogP contribution in [0.1, 0.15) is 18.4 Å². The quantitative estimate of drug-likeness (QED) is 0.879. The number of nitrogens with one attached hydrogen (secondary N) is 1. The average molecular weight is 258 g/mol. The Labute approximate surface area is 105 Å². The first-order valence-corrected chi connectivity index (χ1v) is 6.10. The summed E-state index contributed by atoms with van der Waals surface area (Å²) in [6.07, 6.45) is 2.72. The van der Waals surface area contributed by atoms with E-state index in [0.717, 1.165) is 5.56 Å². The molecule has 0 unspecified atom stereocenters. The number of carbonyl (C=O) groups excluding carboxylic acids is 1. The SMILES string of the molecule is O=C(CNC1CC1)Cc1cccc(Cl)c1Cl. The zero-order valence-electron chi connectivity index (χ0n) is 8.80. The lowest BCUT2D eigenvalue weighted by Gasteiger charge is -2.05. The lowest BCUT2D eigenvalue weighted by atomic mass is 10.1. The van der Waals surface area contributed by atoms with E-state index in [-0.39, 0.29) is 5.78 Å². The first-order chi connectivity index (χ1) is 7.66. The molecule has 1 aromatic rings. The molecule has 1 N–H and O–H groups in total. The molecule has 0 bridgehead atoms. The molecule has 4 heteroatoms. The predicted octanol–water partition coefficient (Wildman–Crippen LogP) is 2.86. The fourth-order valence-corrected chi connectivity index (χ4v) is 1.89. The highest BCUT2D eigenvalue weighted by molar-refractivity contribution is 6.42. The zero-order chi connectivity index (χ0) is 11.5. The minimum atomic E-state index is 0.149. The minimum Gasteiger partial charge on any atom is -0.307 e. The van der Waals surface area contributed by atoms with Gasteiger partial charge in [0.25, 0.3) is 0 Å². The smallest absolute Gasteiger partial charge is 0.151 e. The van der Waals surface area contributed by atoms with Crippen LogP contribution in [0.5, 0.6) is 0 Å². The topological polar surface area (TPSA) is 29.1 Å². The maximum Gasteiger partial charge on any atom is 0.151 e. The van der Waals surface area contributed by atoms with Crippen molar-refractivity contribution >= 4 is 29.0 Å². The second kappa shape index (κ2) is 5.17. The number of halogens is 2. The van der Waals surface area contributed by atoms with Gasteiger partial charge in [0.15, 0.2) is 5.78 Å². The summed E-state index contributed by atoms with van der Waals surface area (Å²) in [5.41, 5.74) is 0.803. The molecule has 0 heterocycles. The van der Waals surface area contributed by atoms with Crippen LogP contribution >= 0.6 is 23.2 Å². The molecular formula is C12H13Cl2NO. The minimum absolute atomic E-state index is 0.149. The maximum absolute atomic E-state index is 11.6. The van der Waals surface area contributed by atoms with Gasteiger partial charge in [-0.05, 0) is 24.5 Å². The molecular weight excluding hydrogens is 245 g/mol. The highest BCUT2D eigenvalue weighted by Crippen LogP contribution is 2.26. The van der Waals surface area contributed by atoms with Gasteiger partial charge in [0.2, 0.25) is 0 Å². The third kappa shape index (κ3) is 3.21. The average Bonchev–Trinajstić information content (AvgIpc) is 3.06. The van der Waals surface area contributed by atoms with Crippen molar-refractivity contribution < 1.29 is 4.79 Å². The molecule has 1 saturated carbocycles. The first-order valence-electron chi connectivity index (χ1n) is 5.35. The Bertz CT molecular complexity index is 402. The van der Waals surface area contributed by atoms with Gasteiger partial charge in [-0.25, -0.2) is 0 Å². The van der Waals surface area contributed by atoms with Crippen LogP contribution in [0.2, 0.25) is 10.0 Å². The van der Waals surface area contributed by atoms with E-state index < -0.39 is 0 Å². The van der Waals surface area contributed by atoms with Gasteiger partial charge in [-0.1, -0.05) is 35.3 Å². The molecule has 2 rings (SSSR count). The van der Waals surface area contributed by atoms with Gasteiger partial charge in [-0.15, -0.1) is 0 Å². The molecule has 0 aromatic heterocycles. The van der Waals surface area contributed by atoms with Crippen LogP contribution in [0.25, 0.3) is 0 Å². The molecule has 1 aliphatic rings. The summed E-state index contributed by atoms with van der Waals surface area (Å²) in [7, 11) is 0. The second-order valence-electron chi connectivity index (χ2n) is 4.08.